The van der Waals surface area contributed by atoms with Crippen LogP contribution in [0.25, 0.3) is 10.4 Å². The molecule has 0 spiro atoms. The lowest BCUT2D eigenvalue weighted by molar-refractivity contribution is 0.0778. The van der Waals surface area contributed by atoms with Gasteiger partial charge in [0.25, 0.3) is 5.91 Å². The number of nitrogens with zero attached hydrogens (tertiary/aromatic N) is 2. The number of benzene rings is 1. The number of amides is 1. The molecule has 2 aromatic heterocycles. The van der Waals surface area contributed by atoms with Gasteiger partial charge in [-0.15, -0.1) is 21.5 Å². The van der Waals surface area contributed by atoms with E-state index in [0.717, 1.165) is 23.5 Å². The highest BCUT2D eigenvalue weighted by Crippen LogP contribution is 2.40. The van der Waals surface area contributed by atoms with Crippen molar-refractivity contribution in [3.05, 3.63) is 58.2 Å². The van der Waals surface area contributed by atoms with Gasteiger partial charge in [0.15, 0.2) is 11.0 Å². The number of thiophene rings is 1. The summed E-state index contributed by atoms with van der Waals surface area (Å²) in [7, 11) is 0. The molecule has 0 fully saturated rings. The molecule has 0 unspecified atom stereocenters. The van der Waals surface area contributed by atoms with E-state index in [-0.39, 0.29) is 37.5 Å². The fraction of sp³-hybridized carbons (Fsp3) is 0.167. The predicted molar refractivity (Wildman–Crippen MR) is 104 cm³/mol. The van der Waals surface area contributed by atoms with E-state index in [0.29, 0.717) is 0 Å². The van der Waals surface area contributed by atoms with E-state index >= 15 is 0 Å². The number of halogens is 3. The summed E-state index contributed by atoms with van der Waals surface area (Å²) >= 11 is 6.61. The Morgan fingerprint density at radius 1 is 1.21 bits per heavy atom. The maximum Gasteiger partial charge on any atom is 0.251 e. The van der Waals surface area contributed by atoms with Crippen molar-refractivity contribution in [2.24, 2.45) is 5.73 Å². The molecular formula is C18H15ClF2N4O2S. The molecule has 0 saturated carbocycles. The first kappa shape index (κ1) is 20.1. The summed E-state index contributed by atoms with van der Waals surface area (Å²) in [5.74, 6) is -2.24. The first-order valence-electron chi connectivity index (χ1n) is 7.98. The average Bonchev–Trinajstić information content (AvgIpc) is 2.99. The number of hydrogen-bond acceptors (Lipinski definition) is 6. The van der Waals surface area contributed by atoms with Gasteiger partial charge >= 0.3 is 0 Å². The zero-order valence-corrected chi connectivity index (χ0v) is 16.3. The number of anilines is 2. The maximum atomic E-state index is 14.6. The van der Waals surface area contributed by atoms with Crippen LogP contribution in [-0.2, 0) is 5.60 Å². The maximum absolute atomic E-state index is 14.6. The second kappa shape index (κ2) is 7.42. The highest BCUT2D eigenvalue weighted by Gasteiger charge is 2.24. The van der Waals surface area contributed by atoms with E-state index in [1.54, 1.807) is 0 Å². The molecule has 2 heterocycles. The molecule has 1 amide bonds. The molecule has 0 radical (unpaired) electrons. The van der Waals surface area contributed by atoms with Gasteiger partial charge in [-0.1, -0.05) is 11.6 Å². The highest BCUT2D eigenvalue weighted by molar-refractivity contribution is 7.20. The number of rotatable bonds is 5. The molecule has 10 heteroatoms. The van der Waals surface area contributed by atoms with Crippen LogP contribution < -0.4 is 11.1 Å². The second-order valence-corrected chi connectivity index (χ2v) is 7.90. The van der Waals surface area contributed by atoms with E-state index in [1.807, 2.05) is 0 Å². The van der Waals surface area contributed by atoms with Crippen LogP contribution >= 0.6 is 22.9 Å². The Hall–Kier alpha value is -2.62. The Morgan fingerprint density at radius 2 is 1.86 bits per heavy atom. The van der Waals surface area contributed by atoms with E-state index < -0.39 is 23.1 Å². The SMILES string of the molecule is CC(C)(O)c1cc(F)c(-c2cc(C(N)=O)c(Nc3ccc(Cl)nn3)s2)c(F)c1. The van der Waals surface area contributed by atoms with Gasteiger partial charge in [0, 0.05) is 4.88 Å². The molecule has 0 saturated heterocycles. The van der Waals surface area contributed by atoms with Crippen LogP contribution in [0, 0.1) is 11.6 Å². The van der Waals surface area contributed by atoms with E-state index in [1.165, 1.54) is 32.0 Å². The second-order valence-electron chi connectivity index (χ2n) is 6.46. The van der Waals surface area contributed by atoms with Gasteiger partial charge in [-0.25, -0.2) is 8.78 Å². The fourth-order valence-corrected chi connectivity index (χ4v) is 3.67. The third-order valence-electron chi connectivity index (χ3n) is 3.87. The monoisotopic (exact) mass is 424 g/mol. The largest absolute Gasteiger partial charge is 0.386 e. The molecule has 0 aliphatic carbocycles. The Labute approximate surface area is 168 Å². The minimum atomic E-state index is -1.41. The molecule has 4 N–H and O–H groups in total. The molecule has 3 rings (SSSR count). The van der Waals surface area contributed by atoms with Gasteiger partial charge in [-0.05, 0) is 49.7 Å². The number of hydrogen-bond donors (Lipinski definition) is 3. The van der Waals surface area contributed by atoms with Crippen molar-refractivity contribution in [3.63, 3.8) is 0 Å². The Kier molecular flexibility index (Phi) is 5.33. The van der Waals surface area contributed by atoms with E-state index in [9.17, 15) is 18.7 Å². The van der Waals surface area contributed by atoms with Crippen LogP contribution in [0.4, 0.5) is 19.6 Å². The average molecular weight is 425 g/mol. The summed E-state index contributed by atoms with van der Waals surface area (Å²) in [5.41, 5.74) is 3.79. The number of carbonyl (C=O) groups is 1. The molecule has 0 bridgehead atoms. The van der Waals surface area contributed by atoms with Gasteiger partial charge in [0.2, 0.25) is 0 Å². The molecule has 3 aromatic rings. The summed E-state index contributed by atoms with van der Waals surface area (Å²) in [4.78, 5) is 11.9. The number of primary amides is 1. The molecule has 1 aromatic carbocycles. The van der Waals surface area contributed by atoms with Crippen molar-refractivity contribution in [2.45, 2.75) is 19.4 Å². The third-order valence-corrected chi connectivity index (χ3v) is 5.14. The lowest BCUT2D eigenvalue weighted by atomic mass is 9.96. The Morgan fingerprint density at radius 3 is 2.36 bits per heavy atom. The van der Waals surface area contributed by atoms with Crippen molar-refractivity contribution in [1.82, 2.24) is 10.2 Å². The normalized spacial score (nSPS) is 11.5. The fourth-order valence-electron chi connectivity index (χ4n) is 2.45. The molecular weight excluding hydrogens is 410 g/mol. The summed E-state index contributed by atoms with van der Waals surface area (Å²) < 4.78 is 29.2. The zero-order chi connectivity index (χ0) is 20.6. The van der Waals surface area contributed by atoms with Gasteiger partial charge < -0.3 is 16.2 Å². The van der Waals surface area contributed by atoms with E-state index in [4.69, 9.17) is 17.3 Å². The molecule has 0 atom stereocenters. The van der Waals surface area contributed by atoms with Crippen LogP contribution in [-0.4, -0.2) is 21.2 Å². The number of carbonyl (C=O) groups excluding carboxylic acids is 1. The van der Waals surface area contributed by atoms with Crippen molar-refractivity contribution in [2.75, 3.05) is 5.32 Å². The Balaban J connectivity index is 2.06. The summed E-state index contributed by atoms with van der Waals surface area (Å²) in [5, 5.41) is 20.8. The summed E-state index contributed by atoms with van der Waals surface area (Å²) in [6.45, 7) is 2.85. The number of aliphatic hydroxyl groups is 1. The number of nitrogens with two attached hydrogens (primary N) is 1. The predicted octanol–water partition coefficient (Wildman–Crippen LogP) is 4.21. The van der Waals surface area contributed by atoms with Crippen LogP contribution in [0.15, 0.2) is 30.3 Å². The van der Waals surface area contributed by atoms with Gasteiger partial charge in [0.05, 0.1) is 16.7 Å². The highest BCUT2D eigenvalue weighted by atomic mass is 35.5. The lowest BCUT2D eigenvalue weighted by Crippen LogP contribution is -2.16. The van der Waals surface area contributed by atoms with Crippen molar-refractivity contribution in [1.29, 1.82) is 0 Å². The lowest BCUT2D eigenvalue weighted by Gasteiger charge is -2.18. The summed E-state index contributed by atoms with van der Waals surface area (Å²) in [6, 6.07) is 6.42. The van der Waals surface area contributed by atoms with Gasteiger partial charge in [0.1, 0.15) is 16.6 Å². The zero-order valence-electron chi connectivity index (χ0n) is 14.8. The van der Waals surface area contributed by atoms with Gasteiger partial charge in [-0.2, -0.15) is 0 Å². The number of nitrogens with one attached hydrogen (secondary N) is 1. The number of aromatic nitrogens is 2. The quantitative estimate of drug-likeness (QED) is 0.569. The standard InChI is InChI=1S/C18H15ClF2N4O2S/c1-18(2,27)8-5-10(20)15(11(21)6-8)12-7-9(16(22)26)17(28-12)23-14-4-3-13(19)24-25-14/h3-7,27H,1-2H3,(H2,22,26)(H,23,25). The van der Waals surface area contributed by atoms with Crippen LogP contribution in [0.2, 0.25) is 5.15 Å². The van der Waals surface area contributed by atoms with Gasteiger partial charge in [-0.3, -0.25) is 4.79 Å². The first-order valence-corrected chi connectivity index (χ1v) is 9.18. The molecule has 146 valence electrons. The van der Waals surface area contributed by atoms with Crippen LogP contribution in [0.5, 0.6) is 0 Å². The minimum absolute atomic E-state index is 0.0436. The van der Waals surface area contributed by atoms with Crippen molar-refractivity contribution >= 4 is 39.7 Å². The van der Waals surface area contributed by atoms with Crippen molar-refractivity contribution in [3.8, 4) is 10.4 Å². The minimum Gasteiger partial charge on any atom is -0.386 e. The molecule has 0 aliphatic rings. The Bertz CT molecular complexity index is 1030. The van der Waals surface area contributed by atoms with Crippen LogP contribution in [0.1, 0.15) is 29.8 Å². The molecule has 6 nitrogen and oxygen atoms in total. The topological polar surface area (TPSA) is 101 Å². The van der Waals surface area contributed by atoms with Crippen LogP contribution in [0.3, 0.4) is 0 Å². The van der Waals surface area contributed by atoms with Crippen molar-refractivity contribution < 1.29 is 18.7 Å². The molecule has 0 aliphatic heterocycles. The smallest absolute Gasteiger partial charge is 0.251 e. The summed E-state index contributed by atoms with van der Waals surface area (Å²) in [6.07, 6.45) is 0. The van der Waals surface area contributed by atoms with E-state index in [2.05, 4.69) is 15.5 Å². The first-order chi connectivity index (χ1) is 13.1. The molecule has 28 heavy (non-hydrogen) atoms. The third kappa shape index (κ3) is 4.11.